The van der Waals surface area contributed by atoms with Gasteiger partial charge in [0.15, 0.2) is 0 Å². The van der Waals surface area contributed by atoms with E-state index in [4.69, 9.17) is 15.2 Å². The maximum atomic E-state index is 11.3. The molecule has 4 nitrogen and oxygen atoms in total. The quantitative estimate of drug-likeness (QED) is 0.579. The van der Waals surface area contributed by atoms with Crippen LogP contribution in [0.2, 0.25) is 0 Å². The molecule has 0 bridgehead atoms. The van der Waals surface area contributed by atoms with Gasteiger partial charge in [0.2, 0.25) is 0 Å². The van der Waals surface area contributed by atoms with E-state index in [0.717, 1.165) is 12.2 Å². The first kappa shape index (κ1) is 13.5. The van der Waals surface area contributed by atoms with Gasteiger partial charge in [0, 0.05) is 0 Å². The molecule has 0 heterocycles. The Hall–Kier alpha value is -1.55. The lowest BCUT2D eigenvalue weighted by molar-refractivity contribution is -0.146. The number of carbonyl (C=O) groups excluding carboxylic acids is 1. The highest BCUT2D eigenvalue weighted by Crippen LogP contribution is 2.07. The molecule has 0 aliphatic rings. The lowest BCUT2D eigenvalue weighted by Crippen LogP contribution is -2.32. The van der Waals surface area contributed by atoms with E-state index in [1.807, 2.05) is 37.3 Å². The average Bonchev–Trinajstić information content (AvgIpc) is 2.36. The summed E-state index contributed by atoms with van der Waals surface area (Å²) < 4.78 is 10.4. The normalized spacial score (nSPS) is 11.9. The standard InChI is InChI=1S/C13H19NO3/c1-2-6-12(14)13(15)17-10-9-16-11-7-4-3-5-8-11/h3-5,7-8,12H,2,6,9-10,14H2,1H3. The largest absolute Gasteiger partial charge is 0.490 e. The van der Waals surface area contributed by atoms with Gasteiger partial charge in [0.05, 0.1) is 0 Å². The predicted octanol–water partition coefficient (Wildman–Crippen LogP) is 1.74. The summed E-state index contributed by atoms with van der Waals surface area (Å²) in [5, 5.41) is 0. The van der Waals surface area contributed by atoms with Crippen LogP contribution in [-0.4, -0.2) is 25.2 Å². The first-order valence-electron chi connectivity index (χ1n) is 5.84. The van der Waals surface area contributed by atoms with Gasteiger partial charge in [-0.05, 0) is 18.6 Å². The van der Waals surface area contributed by atoms with Gasteiger partial charge in [-0.3, -0.25) is 4.79 Å². The van der Waals surface area contributed by atoms with Crippen LogP contribution in [0.15, 0.2) is 30.3 Å². The fourth-order valence-electron chi connectivity index (χ4n) is 1.35. The summed E-state index contributed by atoms with van der Waals surface area (Å²) in [6, 6.07) is 8.87. The van der Waals surface area contributed by atoms with Crippen LogP contribution in [-0.2, 0) is 9.53 Å². The van der Waals surface area contributed by atoms with Crippen LogP contribution in [0.25, 0.3) is 0 Å². The van der Waals surface area contributed by atoms with E-state index in [0.29, 0.717) is 13.0 Å². The summed E-state index contributed by atoms with van der Waals surface area (Å²) in [4.78, 5) is 11.3. The minimum atomic E-state index is -0.517. The summed E-state index contributed by atoms with van der Waals surface area (Å²) in [7, 11) is 0. The molecule has 0 aromatic heterocycles. The lowest BCUT2D eigenvalue weighted by atomic mass is 10.2. The zero-order chi connectivity index (χ0) is 12.5. The van der Waals surface area contributed by atoms with Crippen LogP contribution >= 0.6 is 0 Å². The fraction of sp³-hybridized carbons (Fsp3) is 0.462. The van der Waals surface area contributed by atoms with E-state index >= 15 is 0 Å². The third kappa shape index (κ3) is 5.36. The van der Waals surface area contributed by atoms with Crippen LogP contribution in [0.4, 0.5) is 0 Å². The number of hydrogen-bond acceptors (Lipinski definition) is 4. The van der Waals surface area contributed by atoms with Crippen molar-refractivity contribution in [3.63, 3.8) is 0 Å². The third-order valence-corrected chi connectivity index (χ3v) is 2.24. The molecule has 0 spiro atoms. The number of para-hydroxylation sites is 1. The molecule has 0 fully saturated rings. The van der Waals surface area contributed by atoms with Gasteiger partial charge in [0.1, 0.15) is 25.0 Å². The average molecular weight is 237 g/mol. The second kappa shape index (κ2) is 7.68. The molecule has 94 valence electrons. The molecule has 0 aliphatic carbocycles. The van der Waals surface area contributed by atoms with Gasteiger partial charge in [-0.25, -0.2) is 0 Å². The lowest BCUT2D eigenvalue weighted by Gasteiger charge is -2.11. The number of esters is 1. The summed E-state index contributed by atoms with van der Waals surface area (Å²) >= 11 is 0. The maximum absolute atomic E-state index is 11.3. The molecule has 1 atom stereocenters. The Morgan fingerprint density at radius 1 is 1.29 bits per heavy atom. The van der Waals surface area contributed by atoms with Crippen LogP contribution in [0, 0.1) is 0 Å². The molecule has 2 N–H and O–H groups in total. The van der Waals surface area contributed by atoms with Crippen molar-refractivity contribution in [3.8, 4) is 5.75 Å². The SMILES string of the molecule is CCCC(N)C(=O)OCCOc1ccccc1. The molecule has 17 heavy (non-hydrogen) atoms. The van der Waals surface area contributed by atoms with Gasteiger partial charge < -0.3 is 15.2 Å². The van der Waals surface area contributed by atoms with Crippen LogP contribution in [0.1, 0.15) is 19.8 Å². The highest BCUT2D eigenvalue weighted by Gasteiger charge is 2.13. The van der Waals surface area contributed by atoms with E-state index in [1.54, 1.807) is 0 Å². The van der Waals surface area contributed by atoms with E-state index in [1.165, 1.54) is 0 Å². The minimum absolute atomic E-state index is 0.227. The molecular formula is C13H19NO3. The zero-order valence-electron chi connectivity index (χ0n) is 10.1. The monoisotopic (exact) mass is 237 g/mol. The molecular weight excluding hydrogens is 218 g/mol. The smallest absolute Gasteiger partial charge is 0.323 e. The molecule has 0 aliphatic heterocycles. The summed E-state index contributed by atoms with van der Waals surface area (Å²) in [6.45, 7) is 2.55. The van der Waals surface area contributed by atoms with Crippen molar-refractivity contribution in [2.45, 2.75) is 25.8 Å². The van der Waals surface area contributed by atoms with E-state index in [2.05, 4.69) is 0 Å². The van der Waals surface area contributed by atoms with Gasteiger partial charge >= 0.3 is 5.97 Å². The Kier molecular flexibility index (Phi) is 6.10. The molecule has 1 aromatic carbocycles. The maximum Gasteiger partial charge on any atom is 0.323 e. The van der Waals surface area contributed by atoms with Crippen molar-refractivity contribution >= 4 is 5.97 Å². The van der Waals surface area contributed by atoms with Crippen molar-refractivity contribution in [1.29, 1.82) is 0 Å². The number of carbonyl (C=O) groups is 1. The highest BCUT2D eigenvalue weighted by molar-refractivity contribution is 5.75. The Bertz CT molecular complexity index is 327. The Morgan fingerprint density at radius 3 is 2.65 bits per heavy atom. The van der Waals surface area contributed by atoms with E-state index < -0.39 is 6.04 Å². The van der Waals surface area contributed by atoms with Gasteiger partial charge in [-0.1, -0.05) is 31.5 Å². The Labute approximate surface area is 102 Å². The molecule has 1 unspecified atom stereocenters. The molecule has 0 saturated heterocycles. The van der Waals surface area contributed by atoms with E-state index in [-0.39, 0.29) is 12.6 Å². The highest BCUT2D eigenvalue weighted by atomic mass is 16.6. The number of ether oxygens (including phenoxy) is 2. The zero-order valence-corrected chi connectivity index (χ0v) is 10.1. The van der Waals surface area contributed by atoms with E-state index in [9.17, 15) is 4.79 Å². The first-order chi connectivity index (χ1) is 8.24. The van der Waals surface area contributed by atoms with Crippen molar-refractivity contribution in [2.24, 2.45) is 5.73 Å². The molecule has 0 radical (unpaired) electrons. The van der Waals surface area contributed by atoms with Gasteiger partial charge in [-0.2, -0.15) is 0 Å². The molecule has 1 aromatic rings. The fourth-order valence-corrected chi connectivity index (χ4v) is 1.35. The number of hydrogen-bond donors (Lipinski definition) is 1. The summed E-state index contributed by atoms with van der Waals surface area (Å²) in [5.41, 5.74) is 5.61. The molecule has 4 heteroatoms. The van der Waals surface area contributed by atoms with Crippen molar-refractivity contribution < 1.29 is 14.3 Å². The third-order valence-electron chi connectivity index (χ3n) is 2.24. The molecule has 0 saturated carbocycles. The van der Waals surface area contributed by atoms with Gasteiger partial charge in [-0.15, -0.1) is 0 Å². The predicted molar refractivity (Wildman–Crippen MR) is 65.8 cm³/mol. The second-order valence-corrected chi connectivity index (χ2v) is 3.72. The second-order valence-electron chi connectivity index (χ2n) is 3.72. The molecule has 0 amide bonds. The topological polar surface area (TPSA) is 61.6 Å². The summed E-state index contributed by atoms with van der Waals surface area (Å²) in [5.74, 6) is 0.407. The Balaban J connectivity index is 2.14. The Morgan fingerprint density at radius 2 is 2.00 bits per heavy atom. The molecule has 1 rings (SSSR count). The van der Waals surface area contributed by atoms with Crippen molar-refractivity contribution in [2.75, 3.05) is 13.2 Å². The van der Waals surface area contributed by atoms with Crippen LogP contribution in [0.3, 0.4) is 0 Å². The van der Waals surface area contributed by atoms with Crippen molar-refractivity contribution in [3.05, 3.63) is 30.3 Å². The van der Waals surface area contributed by atoms with Crippen LogP contribution < -0.4 is 10.5 Å². The first-order valence-corrected chi connectivity index (χ1v) is 5.84. The van der Waals surface area contributed by atoms with Gasteiger partial charge in [0.25, 0.3) is 0 Å². The number of nitrogens with two attached hydrogens (primary N) is 1. The number of rotatable bonds is 7. The van der Waals surface area contributed by atoms with Crippen molar-refractivity contribution in [1.82, 2.24) is 0 Å². The van der Waals surface area contributed by atoms with Crippen LogP contribution in [0.5, 0.6) is 5.75 Å². The minimum Gasteiger partial charge on any atom is -0.490 e. The summed E-state index contributed by atoms with van der Waals surface area (Å²) in [6.07, 6.45) is 1.52. The number of benzene rings is 1.